The number of carbonyl (C=O) groups excluding carboxylic acids is 1. The number of amides is 1. The van der Waals surface area contributed by atoms with E-state index in [-0.39, 0.29) is 5.91 Å². The Bertz CT molecular complexity index is 379. The molecule has 0 aromatic carbocycles. The maximum absolute atomic E-state index is 11.8. The van der Waals surface area contributed by atoms with Gasteiger partial charge in [-0.25, -0.2) is 4.98 Å². The van der Waals surface area contributed by atoms with Crippen molar-refractivity contribution < 1.29 is 4.79 Å². The minimum Gasteiger partial charge on any atom is -0.350 e. The minimum absolute atomic E-state index is 0.115. The Morgan fingerprint density at radius 1 is 1.47 bits per heavy atom. The average Bonchev–Trinajstić information content (AvgIpc) is 2.89. The molecular weight excluding hydrogens is 258 g/mol. The molecule has 1 rings (SSSR count). The van der Waals surface area contributed by atoms with Gasteiger partial charge in [-0.2, -0.15) is 0 Å². The molecule has 0 aliphatic carbocycles. The Hall–Kier alpha value is -0.940. The number of thiazole rings is 1. The lowest BCUT2D eigenvalue weighted by Gasteiger charge is -2.12. The lowest BCUT2D eigenvalue weighted by molar-refractivity contribution is -0.121. The summed E-state index contributed by atoms with van der Waals surface area (Å²) >= 11 is 1.67. The third-order valence-corrected chi connectivity index (χ3v) is 4.46. The highest BCUT2D eigenvalue weighted by Crippen LogP contribution is 2.15. The molecule has 1 amide bonds. The molecule has 3 N–H and O–H groups in total. The SMILES string of the molecule is CCc1cnc(CNC(=O)CCC(CC)CCN)s1. The molecule has 0 aliphatic heterocycles. The van der Waals surface area contributed by atoms with E-state index in [4.69, 9.17) is 5.73 Å². The second kappa shape index (κ2) is 9.04. The van der Waals surface area contributed by atoms with Gasteiger partial charge in [0, 0.05) is 17.5 Å². The van der Waals surface area contributed by atoms with Gasteiger partial charge in [-0.05, 0) is 31.7 Å². The Labute approximate surface area is 119 Å². The predicted molar refractivity (Wildman–Crippen MR) is 80.0 cm³/mol. The van der Waals surface area contributed by atoms with Crippen LogP contribution >= 0.6 is 11.3 Å². The number of rotatable bonds is 9. The van der Waals surface area contributed by atoms with Gasteiger partial charge in [0.15, 0.2) is 0 Å². The van der Waals surface area contributed by atoms with Crippen LogP contribution in [0.1, 0.15) is 49.4 Å². The van der Waals surface area contributed by atoms with Crippen molar-refractivity contribution in [3.63, 3.8) is 0 Å². The first-order valence-electron chi connectivity index (χ1n) is 7.09. The second-order valence-electron chi connectivity index (χ2n) is 4.74. The summed E-state index contributed by atoms with van der Waals surface area (Å²) < 4.78 is 0. The summed E-state index contributed by atoms with van der Waals surface area (Å²) in [5.74, 6) is 0.686. The number of nitrogens with two attached hydrogens (primary N) is 1. The lowest BCUT2D eigenvalue weighted by atomic mass is 9.96. The highest BCUT2D eigenvalue weighted by Gasteiger charge is 2.09. The molecule has 1 aromatic heterocycles. The van der Waals surface area contributed by atoms with Gasteiger partial charge in [0.1, 0.15) is 5.01 Å². The fraction of sp³-hybridized carbons (Fsp3) is 0.714. The van der Waals surface area contributed by atoms with Gasteiger partial charge in [0.05, 0.1) is 6.54 Å². The topological polar surface area (TPSA) is 68.0 Å². The number of nitrogens with one attached hydrogen (secondary N) is 1. The van der Waals surface area contributed by atoms with Crippen LogP contribution in [-0.2, 0) is 17.8 Å². The first kappa shape index (κ1) is 16.1. The van der Waals surface area contributed by atoms with Crippen LogP contribution in [0.15, 0.2) is 6.20 Å². The summed E-state index contributed by atoms with van der Waals surface area (Å²) in [5.41, 5.74) is 5.55. The van der Waals surface area contributed by atoms with E-state index in [9.17, 15) is 4.79 Å². The normalized spacial score (nSPS) is 12.4. The molecule has 108 valence electrons. The van der Waals surface area contributed by atoms with E-state index >= 15 is 0 Å². The van der Waals surface area contributed by atoms with Crippen molar-refractivity contribution >= 4 is 17.2 Å². The molecule has 0 aliphatic rings. The molecule has 1 aromatic rings. The van der Waals surface area contributed by atoms with Crippen molar-refractivity contribution in [1.29, 1.82) is 0 Å². The zero-order valence-corrected chi connectivity index (χ0v) is 12.8. The Morgan fingerprint density at radius 2 is 2.26 bits per heavy atom. The molecule has 0 fully saturated rings. The number of carbonyl (C=O) groups is 1. The third kappa shape index (κ3) is 6.16. The van der Waals surface area contributed by atoms with Crippen molar-refractivity contribution in [3.8, 4) is 0 Å². The largest absolute Gasteiger partial charge is 0.350 e. The van der Waals surface area contributed by atoms with Crippen LogP contribution < -0.4 is 11.1 Å². The van der Waals surface area contributed by atoms with E-state index in [1.54, 1.807) is 11.3 Å². The molecular formula is C14H25N3OS. The van der Waals surface area contributed by atoms with Crippen molar-refractivity contribution in [2.24, 2.45) is 11.7 Å². The summed E-state index contributed by atoms with van der Waals surface area (Å²) in [6.07, 6.45) is 6.51. The molecule has 0 radical (unpaired) electrons. The van der Waals surface area contributed by atoms with E-state index in [2.05, 4.69) is 24.1 Å². The van der Waals surface area contributed by atoms with Crippen molar-refractivity contribution in [1.82, 2.24) is 10.3 Å². The summed E-state index contributed by atoms with van der Waals surface area (Å²) in [6, 6.07) is 0. The maximum Gasteiger partial charge on any atom is 0.220 e. The van der Waals surface area contributed by atoms with Crippen LogP contribution in [0.4, 0.5) is 0 Å². The van der Waals surface area contributed by atoms with E-state index in [1.165, 1.54) is 4.88 Å². The number of hydrogen-bond acceptors (Lipinski definition) is 4. The molecule has 1 atom stereocenters. The molecule has 0 bridgehead atoms. The van der Waals surface area contributed by atoms with Gasteiger partial charge in [-0.3, -0.25) is 4.79 Å². The zero-order chi connectivity index (χ0) is 14.1. The number of hydrogen-bond donors (Lipinski definition) is 2. The highest BCUT2D eigenvalue weighted by molar-refractivity contribution is 7.11. The standard InChI is InChI=1S/C14H25N3OS/c1-3-11(7-8-15)5-6-13(18)16-10-14-17-9-12(4-2)19-14/h9,11H,3-8,10,15H2,1-2H3,(H,16,18). The number of aromatic nitrogens is 1. The van der Waals surface area contributed by atoms with Crippen molar-refractivity contribution in [3.05, 3.63) is 16.1 Å². The summed E-state index contributed by atoms with van der Waals surface area (Å²) in [7, 11) is 0. The molecule has 0 spiro atoms. The molecule has 5 heteroatoms. The van der Waals surface area contributed by atoms with Crippen LogP contribution in [0.25, 0.3) is 0 Å². The number of nitrogens with zero attached hydrogens (tertiary/aromatic N) is 1. The lowest BCUT2D eigenvalue weighted by Crippen LogP contribution is -2.23. The minimum atomic E-state index is 0.115. The fourth-order valence-corrected chi connectivity index (χ4v) is 2.78. The van der Waals surface area contributed by atoms with E-state index in [0.717, 1.165) is 30.7 Å². The van der Waals surface area contributed by atoms with Gasteiger partial charge < -0.3 is 11.1 Å². The van der Waals surface area contributed by atoms with Gasteiger partial charge >= 0.3 is 0 Å². The Kier molecular flexibility index (Phi) is 7.67. The highest BCUT2D eigenvalue weighted by atomic mass is 32.1. The predicted octanol–water partition coefficient (Wildman–Crippen LogP) is 2.48. The molecule has 0 saturated carbocycles. The maximum atomic E-state index is 11.8. The number of aryl methyl sites for hydroxylation is 1. The van der Waals surface area contributed by atoms with E-state index < -0.39 is 0 Å². The van der Waals surface area contributed by atoms with Crippen molar-refractivity contribution in [2.75, 3.05) is 6.54 Å². The van der Waals surface area contributed by atoms with Crippen LogP contribution in [-0.4, -0.2) is 17.4 Å². The average molecular weight is 283 g/mol. The summed E-state index contributed by atoms with van der Waals surface area (Å²) in [4.78, 5) is 17.3. The van der Waals surface area contributed by atoms with Crippen LogP contribution in [0, 0.1) is 5.92 Å². The van der Waals surface area contributed by atoms with Gasteiger partial charge in [0.25, 0.3) is 0 Å². The van der Waals surface area contributed by atoms with Crippen LogP contribution in [0.2, 0.25) is 0 Å². The molecule has 1 heterocycles. The third-order valence-electron chi connectivity index (χ3n) is 3.32. The molecule has 0 saturated heterocycles. The van der Waals surface area contributed by atoms with E-state index in [1.807, 2.05) is 6.20 Å². The quantitative estimate of drug-likeness (QED) is 0.731. The fourth-order valence-electron chi connectivity index (χ4n) is 1.98. The monoisotopic (exact) mass is 283 g/mol. The van der Waals surface area contributed by atoms with Crippen LogP contribution in [0.5, 0.6) is 0 Å². The zero-order valence-electron chi connectivity index (χ0n) is 11.9. The summed E-state index contributed by atoms with van der Waals surface area (Å²) in [6.45, 7) is 5.52. The van der Waals surface area contributed by atoms with Gasteiger partial charge in [-0.15, -0.1) is 11.3 Å². The smallest absolute Gasteiger partial charge is 0.220 e. The van der Waals surface area contributed by atoms with Gasteiger partial charge in [-0.1, -0.05) is 20.3 Å². The van der Waals surface area contributed by atoms with Crippen LogP contribution in [0.3, 0.4) is 0 Å². The molecule has 4 nitrogen and oxygen atoms in total. The van der Waals surface area contributed by atoms with E-state index in [0.29, 0.717) is 25.4 Å². The molecule has 19 heavy (non-hydrogen) atoms. The van der Waals surface area contributed by atoms with Gasteiger partial charge in [0.2, 0.25) is 5.91 Å². The first-order valence-corrected chi connectivity index (χ1v) is 7.91. The Morgan fingerprint density at radius 3 is 2.84 bits per heavy atom. The Balaban J connectivity index is 2.23. The first-order chi connectivity index (χ1) is 9.19. The summed E-state index contributed by atoms with van der Waals surface area (Å²) in [5, 5.41) is 3.92. The second-order valence-corrected chi connectivity index (χ2v) is 5.94. The van der Waals surface area contributed by atoms with Crippen molar-refractivity contribution in [2.45, 2.75) is 52.5 Å². The molecule has 1 unspecified atom stereocenters.